The largest absolute Gasteiger partial charge is 0.493 e. The Morgan fingerprint density at radius 2 is 1.72 bits per heavy atom. The van der Waals surface area contributed by atoms with E-state index in [0.717, 1.165) is 10.8 Å². The summed E-state index contributed by atoms with van der Waals surface area (Å²) in [7, 11) is 1.58. The molecule has 5 nitrogen and oxygen atoms in total. The molecule has 3 aromatic carbocycles. The molecule has 2 amide bonds. The molecule has 0 aliphatic carbocycles. The molecule has 0 aromatic heterocycles. The Hall–Kier alpha value is -3.78. The van der Waals surface area contributed by atoms with Gasteiger partial charge in [0.15, 0.2) is 0 Å². The van der Waals surface area contributed by atoms with Gasteiger partial charge in [-0.3, -0.25) is 9.59 Å². The van der Waals surface area contributed by atoms with Crippen LogP contribution in [0.2, 0.25) is 0 Å². The zero-order chi connectivity index (χ0) is 20.6. The number of hydrogen-bond acceptors (Lipinski definition) is 3. The van der Waals surface area contributed by atoms with E-state index in [4.69, 9.17) is 4.74 Å². The third kappa shape index (κ3) is 4.56. The fourth-order valence-corrected chi connectivity index (χ4v) is 3.04. The fourth-order valence-electron chi connectivity index (χ4n) is 3.04. The maximum atomic E-state index is 12.9. The SMILES string of the molecule is CCOc1ccc2ccccc2c1C(=O)NCC#Cc1ccccc1C(=O)NC. The van der Waals surface area contributed by atoms with Crippen LogP contribution in [0.1, 0.15) is 33.2 Å². The summed E-state index contributed by atoms with van der Waals surface area (Å²) in [6.07, 6.45) is 0. The molecule has 3 aromatic rings. The van der Waals surface area contributed by atoms with Crippen LogP contribution in [0.5, 0.6) is 5.75 Å². The zero-order valence-electron chi connectivity index (χ0n) is 16.4. The number of amides is 2. The average molecular weight is 386 g/mol. The number of rotatable bonds is 5. The van der Waals surface area contributed by atoms with E-state index in [1.165, 1.54) is 0 Å². The number of hydrogen-bond donors (Lipinski definition) is 2. The highest BCUT2D eigenvalue weighted by atomic mass is 16.5. The molecular weight excluding hydrogens is 364 g/mol. The van der Waals surface area contributed by atoms with E-state index in [9.17, 15) is 9.59 Å². The first-order valence-corrected chi connectivity index (χ1v) is 9.38. The monoisotopic (exact) mass is 386 g/mol. The summed E-state index contributed by atoms with van der Waals surface area (Å²) in [6.45, 7) is 2.50. The molecule has 0 radical (unpaired) electrons. The van der Waals surface area contributed by atoms with Crippen molar-refractivity contribution in [2.24, 2.45) is 0 Å². The Balaban J connectivity index is 1.81. The van der Waals surface area contributed by atoms with E-state index in [0.29, 0.717) is 29.0 Å². The summed E-state index contributed by atoms with van der Waals surface area (Å²) in [5.41, 5.74) is 1.61. The van der Waals surface area contributed by atoms with Crippen LogP contribution < -0.4 is 15.4 Å². The summed E-state index contributed by atoms with van der Waals surface area (Å²) in [4.78, 5) is 24.8. The number of benzene rings is 3. The van der Waals surface area contributed by atoms with E-state index in [1.807, 2.05) is 49.4 Å². The minimum absolute atomic E-state index is 0.149. The van der Waals surface area contributed by atoms with E-state index < -0.39 is 0 Å². The predicted molar refractivity (Wildman–Crippen MR) is 114 cm³/mol. The van der Waals surface area contributed by atoms with Gasteiger partial charge < -0.3 is 15.4 Å². The summed E-state index contributed by atoms with van der Waals surface area (Å²) < 4.78 is 5.65. The van der Waals surface area contributed by atoms with Crippen molar-refractivity contribution in [1.29, 1.82) is 0 Å². The van der Waals surface area contributed by atoms with Crippen molar-refractivity contribution in [3.63, 3.8) is 0 Å². The minimum Gasteiger partial charge on any atom is -0.493 e. The first kappa shape index (κ1) is 20.0. The van der Waals surface area contributed by atoms with E-state index in [1.54, 1.807) is 25.2 Å². The van der Waals surface area contributed by atoms with Crippen LogP contribution in [0.4, 0.5) is 0 Å². The molecule has 0 heterocycles. The molecular formula is C24H22N2O3. The molecule has 146 valence electrons. The highest BCUT2D eigenvalue weighted by Gasteiger charge is 2.16. The highest BCUT2D eigenvalue weighted by Crippen LogP contribution is 2.28. The normalized spacial score (nSPS) is 10.0. The Morgan fingerprint density at radius 1 is 0.966 bits per heavy atom. The van der Waals surface area contributed by atoms with Crippen molar-refractivity contribution < 1.29 is 14.3 Å². The minimum atomic E-state index is -0.251. The van der Waals surface area contributed by atoms with Crippen molar-refractivity contribution in [2.75, 3.05) is 20.2 Å². The van der Waals surface area contributed by atoms with Crippen molar-refractivity contribution in [3.05, 3.63) is 77.4 Å². The van der Waals surface area contributed by atoms with Crippen molar-refractivity contribution in [1.82, 2.24) is 10.6 Å². The number of nitrogens with one attached hydrogen (secondary N) is 2. The molecule has 29 heavy (non-hydrogen) atoms. The molecule has 0 aliphatic heterocycles. The van der Waals surface area contributed by atoms with Gasteiger partial charge in [0.05, 0.1) is 24.3 Å². The second-order valence-electron chi connectivity index (χ2n) is 6.20. The smallest absolute Gasteiger partial charge is 0.256 e. The summed E-state index contributed by atoms with van der Waals surface area (Å²) in [5.74, 6) is 5.97. The Labute approximate surface area is 170 Å². The molecule has 2 N–H and O–H groups in total. The first-order chi connectivity index (χ1) is 14.2. The lowest BCUT2D eigenvalue weighted by atomic mass is 10.0. The molecule has 0 aliphatic rings. The lowest BCUT2D eigenvalue weighted by Crippen LogP contribution is -2.24. The summed E-state index contributed by atoms with van der Waals surface area (Å²) >= 11 is 0. The molecule has 0 saturated carbocycles. The van der Waals surface area contributed by atoms with Gasteiger partial charge in [0.25, 0.3) is 11.8 Å². The van der Waals surface area contributed by atoms with E-state index in [2.05, 4.69) is 22.5 Å². The van der Waals surface area contributed by atoms with Crippen molar-refractivity contribution in [2.45, 2.75) is 6.92 Å². The van der Waals surface area contributed by atoms with Crippen LogP contribution >= 0.6 is 0 Å². The molecule has 0 spiro atoms. The van der Waals surface area contributed by atoms with Crippen LogP contribution in [0, 0.1) is 11.8 Å². The van der Waals surface area contributed by atoms with Gasteiger partial charge in [0.2, 0.25) is 0 Å². The molecule has 0 atom stereocenters. The maximum Gasteiger partial charge on any atom is 0.256 e. The van der Waals surface area contributed by atoms with Crippen LogP contribution in [0.15, 0.2) is 60.7 Å². The van der Waals surface area contributed by atoms with Gasteiger partial charge in [-0.25, -0.2) is 0 Å². The van der Waals surface area contributed by atoms with Crippen LogP contribution in [0.25, 0.3) is 10.8 Å². The number of ether oxygens (including phenoxy) is 1. The van der Waals surface area contributed by atoms with Gasteiger partial charge in [0, 0.05) is 12.6 Å². The van der Waals surface area contributed by atoms with Crippen LogP contribution in [0.3, 0.4) is 0 Å². The predicted octanol–water partition coefficient (Wildman–Crippen LogP) is 3.38. The van der Waals surface area contributed by atoms with E-state index in [-0.39, 0.29) is 18.4 Å². The fraction of sp³-hybridized carbons (Fsp3) is 0.167. The molecule has 5 heteroatoms. The zero-order valence-corrected chi connectivity index (χ0v) is 16.4. The third-order valence-corrected chi connectivity index (χ3v) is 4.38. The maximum absolute atomic E-state index is 12.9. The second-order valence-corrected chi connectivity index (χ2v) is 6.20. The number of fused-ring (bicyclic) bond motifs is 1. The van der Waals surface area contributed by atoms with Gasteiger partial charge in [-0.15, -0.1) is 0 Å². The van der Waals surface area contributed by atoms with Gasteiger partial charge >= 0.3 is 0 Å². The molecule has 0 saturated heterocycles. The Morgan fingerprint density at radius 3 is 2.52 bits per heavy atom. The quantitative estimate of drug-likeness (QED) is 0.661. The average Bonchev–Trinajstić information content (AvgIpc) is 2.76. The van der Waals surface area contributed by atoms with Crippen LogP contribution in [-0.4, -0.2) is 32.0 Å². The highest BCUT2D eigenvalue weighted by molar-refractivity contribution is 6.09. The second kappa shape index (κ2) is 9.43. The summed E-state index contributed by atoms with van der Waals surface area (Å²) in [6, 6.07) is 18.5. The lowest BCUT2D eigenvalue weighted by molar-refractivity contribution is 0.0950. The first-order valence-electron chi connectivity index (χ1n) is 9.38. The molecule has 0 fully saturated rings. The number of carbonyl (C=O) groups is 2. The standard InChI is InChI=1S/C24H22N2O3/c1-3-29-21-15-14-18-10-4-6-12-19(18)22(21)24(28)26-16-8-11-17-9-5-7-13-20(17)23(27)25-2/h4-7,9-10,12-15H,3,16H2,1-2H3,(H,25,27)(H,26,28). The van der Waals surface area contributed by atoms with Gasteiger partial charge in [-0.1, -0.05) is 54.3 Å². The van der Waals surface area contributed by atoms with Gasteiger partial charge in [-0.05, 0) is 35.9 Å². The lowest BCUT2D eigenvalue weighted by Gasteiger charge is -2.12. The van der Waals surface area contributed by atoms with Crippen LogP contribution in [-0.2, 0) is 0 Å². The number of carbonyl (C=O) groups excluding carboxylic acids is 2. The third-order valence-electron chi connectivity index (χ3n) is 4.38. The summed E-state index contributed by atoms with van der Waals surface area (Å²) in [5, 5.41) is 7.22. The molecule has 3 rings (SSSR count). The van der Waals surface area contributed by atoms with Crippen molar-refractivity contribution >= 4 is 22.6 Å². The molecule has 0 unspecified atom stereocenters. The molecule has 0 bridgehead atoms. The van der Waals surface area contributed by atoms with E-state index >= 15 is 0 Å². The van der Waals surface area contributed by atoms with Gasteiger partial charge in [-0.2, -0.15) is 0 Å². The topological polar surface area (TPSA) is 67.4 Å². The van der Waals surface area contributed by atoms with Gasteiger partial charge in [0.1, 0.15) is 5.75 Å². The Bertz CT molecular complexity index is 1110. The Kier molecular flexibility index (Phi) is 6.49. The van der Waals surface area contributed by atoms with Crippen molar-refractivity contribution in [3.8, 4) is 17.6 Å².